The molecule has 0 amide bonds. The summed E-state index contributed by atoms with van der Waals surface area (Å²) in [6, 6.07) is 4.86. The van der Waals surface area contributed by atoms with E-state index in [9.17, 15) is 0 Å². The summed E-state index contributed by atoms with van der Waals surface area (Å²) >= 11 is 2.23. The van der Waals surface area contributed by atoms with Gasteiger partial charge in [0.25, 0.3) is 0 Å². The number of allylic oxidation sites excluding steroid dienone is 1. The lowest BCUT2D eigenvalue weighted by atomic mass is 10.1. The van der Waals surface area contributed by atoms with Crippen LogP contribution in [0.2, 0.25) is 0 Å². The van der Waals surface area contributed by atoms with Crippen LogP contribution >= 0.6 is 28.4 Å². The Morgan fingerprint density at radius 3 is 3.22 bits per heavy atom. The largest absolute Gasteiger partial charge is 0.404 e. The van der Waals surface area contributed by atoms with Gasteiger partial charge >= 0.3 is 0 Å². The van der Waals surface area contributed by atoms with Crippen LogP contribution < -0.4 is 11.1 Å². The fourth-order valence-corrected chi connectivity index (χ4v) is 3.75. The molecule has 2 aromatic rings. The number of nitrogens with zero attached hydrogens (tertiary/aromatic N) is 3. The molecule has 3 unspecified atom stereocenters. The van der Waals surface area contributed by atoms with Crippen LogP contribution in [-0.4, -0.2) is 28.4 Å². The van der Waals surface area contributed by atoms with Gasteiger partial charge in [0.1, 0.15) is 0 Å². The van der Waals surface area contributed by atoms with Gasteiger partial charge in [0.2, 0.25) is 0 Å². The van der Waals surface area contributed by atoms with Gasteiger partial charge in [-0.2, -0.15) is 0 Å². The Balaban J connectivity index is 1.83. The van der Waals surface area contributed by atoms with E-state index in [1.54, 1.807) is 12.4 Å². The minimum Gasteiger partial charge on any atom is -0.404 e. The summed E-state index contributed by atoms with van der Waals surface area (Å²) in [6.45, 7) is 4.39. The molecule has 5 nitrogen and oxygen atoms in total. The number of nitrogens with two attached hydrogens (primary N) is 1. The Morgan fingerprint density at radius 2 is 2.52 bits per heavy atom. The van der Waals surface area contributed by atoms with Gasteiger partial charge in [0.15, 0.2) is 0 Å². The van der Waals surface area contributed by atoms with Crippen molar-refractivity contribution in [1.29, 1.82) is 0 Å². The van der Waals surface area contributed by atoms with Gasteiger partial charge in [-0.05, 0) is 60.0 Å². The van der Waals surface area contributed by atoms with E-state index < -0.39 is 0 Å². The van der Waals surface area contributed by atoms with Crippen molar-refractivity contribution in [2.45, 2.75) is 25.9 Å². The third kappa shape index (κ3) is 3.92. The molecule has 3 atom stereocenters. The SMILES string of the molecule is CC1CC(Cn2ccc3cc(C(C=NPI)=CN)ncc32)CN1. The highest BCUT2D eigenvalue weighted by Gasteiger charge is 2.21. The molecule has 1 fully saturated rings. The third-order valence-corrected chi connectivity index (χ3v) is 5.34. The van der Waals surface area contributed by atoms with Crippen molar-refractivity contribution in [2.75, 3.05) is 6.54 Å². The van der Waals surface area contributed by atoms with E-state index >= 15 is 0 Å². The molecule has 122 valence electrons. The highest BCUT2D eigenvalue weighted by molar-refractivity contribution is 14.2. The average molecular weight is 441 g/mol. The lowest BCUT2D eigenvalue weighted by Gasteiger charge is -2.11. The number of halogens is 1. The second-order valence-corrected chi connectivity index (χ2v) is 7.85. The molecule has 2 aromatic heterocycles. The topological polar surface area (TPSA) is 68.2 Å². The van der Waals surface area contributed by atoms with E-state index in [-0.39, 0.29) is 0 Å². The molecule has 1 aliphatic rings. The number of pyridine rings is 1. The average Bonchev–Trinajstić information content (AvgIpc) is 3.15. The number of fused-ring (bicyclic) bond motifs is 1. The van der Waals surface area contributed by atoms with E-state index in [2.05, 4.69) is 66.9 Å². The Hall–Kier alpha value is -0.980. The predicted octanol–water partition coefficient (Wildman–Crippen LogP) is 3.35. The van der Waals surface area contributed by atoms with Crippen molar-refractivity contribution in [3.05, 3.63) is 36.4 Å². The number of aromatic nitrogens is 2. The molecule has 0 spiro atoms. The maximum absolute atomic E-state index is 5.71. The van der Waals surface area contributed by atoms with Crippen molar-refractivity contribution in [3.8, 4) is 0 Å². The summed E-state index contributed by atoms with van der Waals surface area (Å²) in [5.74, 6) is 0.691. The van der Waals surface area contributed by atoms with Gasteiger partial charge in [-0.1, -0.05) is 0 Å². The lowest BCUT2D eigenvalue weighted by molar-refractivity contribution is 0.483. The quantitative estimate of drug-likeness (QED) is 0.425. The zero-order chi connectivity index (χ0) is 16.2. The first kappa shape index (κ1) is 16.9. The predicted molar refractivity (Wildman–Crippen MR) is 108 cm³/mol. The van der Waals surface area contributed by atoms with Crippen molar-refractivity contribution in [2.24, 2.45) is 16.4 Å². The zero-order valence-corrected chi connectivity index (χ0v) is 16.2. The van der Waals surface area contributed by atoms with Gasteiger partial charge in [-0.25, -0.2) is 0 Å². The second-order valence-electron chi connectivity index (χ2n) is 5.97. The first-order valence-corrected chi connectivity index (χ1v) is 11.8. The van der Waals surface area contributed by atoms with Gasteiger partial charge < -0.3 is 15.6 Å². The molecule has 1 saturated heterocycles. The Morgan fingerprint density at radius 1 is 1.65 bits per heavy atom. The highest BCUT2D eigenvalue weighted by Crippen LogP contribution is 2.24. The number of hydrogen-bond acceptors (Lipinski definition) is 4. The summed E-state index contributed by atoms with van der Waals surface area (Å²) in [7, 11) is 0. The Kier molecular flexibility index (Phi) is 5.67. The van der Waals surface area contributed by atoms with Crippen LogP contribution in [0, 0.1) is 5.92 Å². The van der Waals surface area contributed by atoms with E-state index in [1.807, 2.05) is 6.20 Å². The van der Waals surface area contributed by atoms with Gasteiger partial charge in [0, 0.05) is 42.2 Å². The van der Waals surface area contributed by atoms with Crippen molar-refractivity contribution >= 4 is 51.1 Å². The van der Waals surface area contributed by atoms with Crippen LogP contribution in [0.15, 0.2) is 35.5 Å². The molecule has 0 aliphatic carbocycles. The molecule has 7 heteroatoms. The van der Waals surface area contributed by atoms with E-state index in [1.165, 1.54) is 17.3 Å². The number of nitrogens with one attached hydrogen (secondary N) is 1. The highest BCUT2D eigenvalue weighted by atomic mass is 127. The summed E-state index contributed by atoms with van der Waals surface area (Å²) < 4.78 is 6.58. The van der Waals surface area contributed by atoms with E-state index in [0.717, 1.165) is 24.4 Å². The molecule has 0 radical (unpaired) electrons. The van der Waals surface area contributed by atoms with Crippen LogP contribution in [0.3, 0.4) is 0 Å². The molecular weight excluding hydrogens is 420 g/mol. The molecular formula is C16H21IN5P. The standard InChI is InChI=1S/C16H21IN5P/c1-11-4-12(7-19-11)10-22-3-2-13-5-15(20-9-16(13)22)14(6-18)8-21-23-17/h2-3,5-6,8-9,11-12,19,23H,4,7,10,18H2,1H3. The lowest BCUT2D eigenvalue weighted by Crippen LogP contribution is -2.17. The van der Waals surface area contributed by atoms with Gasteiger partial charge in [-0.15, -0.1) is 0 Å². The molecule has 3 N–H and O–H groups in total. The maximum Gasteiger partial charge on any atom is 0.0739 e. The smallest absolute Gasteiger partial charge is 0.0739 e. The summed E-state index contributed by atoms with van der Waals surface area (Å²) in [5.41, 5.74) is 8.62. The van der Waals surface area contributed by atoms with E-state index in [4.69, 9.17) is 5.73 Å². The fraction of sp³-hybridized carbons (Fsp3) is 0.375. The van der Waals surface area contributed by atoms with Crippen LogP contribution in [-0.2, 0) is 6.54 Å². The molecule has 0 bridgehead atoms. The first-order valence-electron chi connectivity index (χ1n) is 7.70. The van der Waals surface area contributed by atoms with Crippen molar-refractivity contribution in [1.82, 2.24) is 14.9 Å². The van der Waals surface area contributed by atoms with Crippen molar-refractivity contribution in [3.63, 3.8) is 0 Å². The van der Waals surface area contributed by atoms with Gasteiger partial charge in [0.05, 0.1) is 23.8 Å². The molecule has 0 aromatic carbocycles. The molecule has 23 heavy (non-hydrogen) atoms. The van der Waals surface area contributed by atoms with Crippen LogP contribution in [0.1, 0.15) is 19.0 Å². The fourth-order valence-electron chi connectivity index (χ4n) is 3.15. The maximum atomic E-state index is 5.71. The third-order valence-electron chi connectivity index (χ3n) is 4.28. The number of rotatable bonds is 5. The molecule has 1 aliphatic heterocycles. The Labute approximate surface area is 151 Å². The van der Waals surface area contributed by atoms with Crippen LogP contribution in [0.25, 0.3) is 16.5 Å². The van der Waals surface area contributed by atoms with Crippen molar-refractivity contribution < 1.29 is 0 Å². The minimum absolute atomic E-state index is 0.490. The monoisotopic (exact) mass is 441 g/mol. The molecule has 0 saturated carbocycles. The number of hydrogen-bond donors (Lipinski definition) is 2. The first-order chi connectivity index (χ1) is 11.2. The molecule has 3 rings (SSSR count). The summed E-state index contributed by atoms with van der Waals surface area (Å²) in [5, 5.41) is 4.71. The van der Waals surface area contributed by atoms with Crippen LogP contribution in [0.4, 0.5) is 0 Å². The van der Waals surface area contributed by atoms with E-state index in [0.29, 0.717) is 18.3 Å². The zero-order valence-electron chi connectivity index (χ0n) is 13.0. The summed E-state index contributed by atoms with van der Waals surface area (Å²) in [6.07, 6.45) is 9.19. The second kappa shape index (κ2) is 7.73. The van der Waals surface area contributed by atoms with Gasteiger partial charge in [-0.3, -0.25) is 9.75 Å². The minimum atomic E-state index is 0.490. The van der Waals surface area contributed by atoms with Crippen LogP contribution in [0.5, 0.6) is 0 Å². The normalized spacial score (nSPS) is 23.0. The molecule has 3 heterocycles. The Bertz CT molecular complexity index is 739. The summed E-state index contributed by atoms with van der Waals surface area (Å²) in [4.78, 5) is 4.58.